The van der Waals surface area contributed by atoms with E-state index < -0.39 is 0 Å². The Morgan fingerprint density at radius 3 is 3.11 bits per heavy atom. The molecule has 1 aromatic carbocycles. The van der Waals surface area contributed by atoms with Crippen LogP contribution in [-0.4, -0.2) is 17.4 Å². The summed E-state index contributed by atoms with van der Waals surface area (Å²) in [6.07, 6.45) is 2.64. The molecule has 6 heteroatoms. The number of benzene rings is 1. The third-order valence-electron chi connectivity index (χ3n) is 3.08. The third-order valence-corrected chi connectivity index (χ3v) is 4.47. The predicted octanol–water partition coefficient (Wildman–Crippen LogP) is 2.73. The summed E-state index contributed by atoms with van der Waals surface area (Å²) in [7, 11) is 0. The van der Waals surface area contributed by atoms with E-state index in [1.165, 1.54) is 16.9 Å². The number of aromatic nitrogens is 1. The normalized spacial score (nSPS) is 17.8. The van der Waals surface area contributed by atoms with E-state index in [0.717, 1.165) is 22.3 Å². The molecule has 1 aromatic heterocycles. The topological polar surface area (TPSA) is 54.0 Å². The number of nitrogens with zero attached hydrogens (tertiary/aromatic N) is 1. The van der Waals surface area contributed by atoms with Crippen molar-refractivity contribution in [1.29, 1.82) is 0 Å². The summed E-state index contributed by atoms with van der Waals surface area (Å²) in [5, 5.41) is 6.72. The van der Waals surface area contributed by atoms with E-state index in [0.29, 0.717) is 5.13 Å². The SMILES string of the molecule is O=C(Nc1ncc(Br)s1)C1NCCc2ccccc21. The highest BCUT2D eigenvalue weighted by Crippen LogP contribution is 2.26. The van der Waals surface area contributed by atoms with E-state index in [1.54, 1.807) is 6.20 Å². The van der Waals surface area contributed by atoms with E-state index in [1.807, 2.05) is 18.2 Å². The van der Waals surface area contributed by atoms with Crippen molar-refractivity contribution in [2.75, 3.05) is 11.9 Å². The number of hydrogen-bond donors (Lipinski definition) is 2. The molecule has 4 nitrogen and oxygen atoms in total. The molecule has 3 rings (SSSR count). The molecule has 1 atom stereocenters. The van der Waals surface area contributed by atoms with Crippen molar-refractivity contribution in [3.05, 3.63) is 45.4 Å². The number of anilines is 1. The molecule has 1 aliphatic rings. The van der Waals surface area contributed by atoms with Crippen LogP contribution in [0, 0.1) is 0 Å². The summed E-state index contributed by atoms with van der Waals surface area (Å²) in [4.78, 5) is 16.4. The van der Waals surface area contributed by atoms with Crippen molar-refractivity contribution in [3.8, 4) is 0 Å². The van der Waals surface area contributed by atoms with Gasteiger partial charge in [0.25, 0.3) is 0 Å². The van der Waals surface area contributed by atoms with E-state index >= 15 is 0 Å². The second-order valence-electron chi connectivity index (χ2n) is 4.29. The number of thiazole rings is 1. The zero-order valence-electron chi connectivity index (χ0n) is 10.0. The molecule has 1 unspecified atom stereocenters. The number of carbonyl (C=O) groups excluding carboxylic acids is 1. The third kappa shape index (κ3) is 2.70. The Kier molecular flexibility index (Phi) is 3.63. The highest BCUT2D eigenvalue weighted by molar-refractivity contribution is 9.11. The van der Waals surface area contributed by atoms with Gasteiger partial charge in [-0.05, 0) is 33.5 Å². The summed E-state index contributed by atoms with van der Waals surface area (Å²) in [5.41, 5.74) is 2.29. The van der Waals surface area contributed by atoms with Crippen LogP contribution in [0.1, 0.15) is 17.2 Å². The molecule has 0 aliphatic carbocycles. The standard InChI is InChI=1S/C13H12BrN3OS/c14-10-7-16-13(19-10)17-12(18)11-9-4-2-1-3-8(9)5-6-15-11/h1-4,7,11,15H,5-6H2,(H,16,17,18). The maximum Gasteiger partial charge on any atom is 0.247 e. The van der Waals surface area contributed by atoms with Gasteiger partial charge in [-0.15, -0.1) is 0 Å². The van der Waals surface area contributed by atoms with Gasteiger partial charge in [0.05, 0.1) is 9.98 Å². The zero-order chi connectivity index (χ0) is 13.2. The highest BCUT2D eigenvalue weighted by Gasteiger charge is 2.26. The molecule has 1 aliphatic heterocycles. The van der Waals surface area contributed by atoms with Crippen molar-refractivity contribution in [2.45, 2.75) is 12.5 Å². The summed E-state index contributed by atoms with van der Waals surface area (Å²) >= 11 is 4.74. The van der Waals surface area contributed by atoms with Crippen molar-refractivity contribution in [1.82, 2.24) is 10.3 Å². The average molecular weight is 338 g/mol. The van der Waals surface area contributed by atoms with Gasteiger partial charge in [-0.1, -0.05) is 35.6 Å². The molecule has 0 saturated heterocycles. The molecule has 0 radical (unpaired) electrons. The maximum absolute atomic E-state index is 12.3. The van der Waals surface area contributed by atoms with Gasteiger partial charge in [-0.25, -0.2) is 4.98 Å². The fraction of sp³-hybridized carbons (Fsp3) is 0.231. The molecular weight excluding hydrogens is 326 g/mol. The lowest BCUT2D eigenvalue weighted by molar-refractivity contribution is -0.118. The fourth-order valence-electron chi connectivity index (χ4n) is 2.23. The molecule has 2 aromatic rings. The van der Waals surface area contributed by atoms with Gasteiger partial charge < -0.3 is 10.6 Å². The second-order valence-corrected chi connectivity index (χ2v) is 6.70. The Labute approximate surface area is 123 Å². The quantitative estimate of drug-likeness (QED) is 0.885. The molecule has 0 saturated carbocycles. The van der Waals surface area contributed by atoms with Crippen molar-refractivity contribution in [3.63, 3.8) is 0 Å². The van der Waals surface area contributed by atoms with Gasteiger partial charge >= 0.3 is 0 Å². The summed E-state index contributed by atoms with van der Waals surface area (Å²) in [6.45, 7) is 0.816. The zero-order valence-corrected chi connectivity index (χ0v) is 12.4. The first kappa shape index (κ1) is 12.8. The Morgan fingerprint density at radius 1 is 1.47 bits per heavy atom. The van der Waals surface area contributed by atoms with E-state index in [-0.39, 0.29) is 11.9 Å². The number of rotatable bonds is 2. The van der Waals surface area contributed by atoms with Crippen molar-refractivity contribution >= 4 is 38.3 Å². The molecule has 19 heavy (non-hydrogen) atoms. The lowest BCUT2D eigenvalue weighted by Crippen LogP contribution is -2.38. The Morgan fingerprint density at radius 2 is 2.32 bits per heavy atom. The molecule has 0 bridgehead atoms. The van der Waals surface area contributed by atoms with Crippen molar-refractivity contribution < 1.29 is 4.79 Å². The van der Waals surface area contributed by atoms with Crippen LogP contribution in [0.5, 0.6) is 0 Å². The number of hydrogen-bond acceptors (Lipinski definition) is 4. The predicted molar refractivity (Wildman–Crippen MR) is 79.3 cm³/mol. The Bertz CT molecular complexity index is 613. The minimum atomic E-state index is -0.298. The van der Waals surface area contributed by atoms with E-state index in [9.17, 15) is 4.79 Å². The summed E-state index contributed by atoms with van der Waals surface area (Å²) < 4.78 is 0.903. The highest BCUT2D eigenvalue weighted by atomic mass is 79.9. The fourth-order valence-corrected chi connectivity index (χ4v) is 3.34. The van der Waals surface area contributed by atoms with Crippen LogP contribution in [-0.2, 0) is 11.2 Å². The van der Waals surface area contributed by atoms with Gasteiger partial charge in [-0.3, -0.25) is 4.79 Å². The largest absolute Gasteiger partial charge is 0.302 e. The lowest BCUT2D eigenvalue weighted by Gasteiger charge is -2.25. The van der Waals surface area contributed by atoms with Gasteiger partial charge in [-0.2, -0.15) is 0 Å². The number of nitrogens with one attached hydrogen (secondary N) is 2. The number of carbonyl (C=O) groups is 1. The van der Waals surface area contributed by atoms with Crippen LogP contribution in [0.25, 0.3) is 0 Å². The van der Waals surface area contributed by atoms with E-state index in [2.05, 4.69) is 37.6 Å². The van der Waals surface area contributed by atoms with Crippen LogP contribution in [0.3, 0.4) is 0 Å². The van der Waals surface area contributed by atoms with Gasteiger partial charge in [0.2, 0.25) is 5.91 Å². The molecule has 98 valence electrons. The maximum atomic E-state index is 12.3. The lowest BCUT2D eigenvalue weighted by atomic mass is 9.94. The van der Waals surface area contributed by atoms with Crippen LogP contribution >= 0.6 is 27.3 Å². The Balaban J connectivity index is 1.81. The smallest absolute Gasteiger partial charge is 0.247 e. The molecule has 2 heterocycles. The summed E-state index contributed by atoms with van der Waals surface area (Å²) in [5.74, 6) is -0.0611. The Hall–Kier alpha value is -1.24. The number of halogens is 1. The first-order valence-corrected chi connectivity index (χ1v) is 7.58. The second kappa shape index (κ2) is 5.40. The molecule has 0 fully saturated rings. The van der Waals surface area contributed by atoms with Crippen LogP contribution in [0.15, 0.2) is 34.2 Å². The van der Waals surface area contributed by atoms with Crippen LogP contribution in [0.2, 0.25) is 0 Å². The summed E-state index contributed by atoms with van der Waals surface area (Å²) in [6, 6.07) is 7.76. The van der Waals surface area contributed by atoms with Crippen molar-refractivity contribution in [2.24, 2.45) is 0 Å². The minimum absolute atomic E-state index is 0.0611. The monoisotopic (exact) mass is 337 g/mol. The van der Waals surface area contributed by atoms with Gasteiger partial charge in [0.1, 0.15) is 6.04 Å². The number of fused-ring (bicyclic) bond motifs is 1. The first-order valence-electron chi connectivity index (χ1n) is 5.97. The van der Waals surface area contributed by atoms with Gasteiger partial charge in [0.15, 0.2) is 5.13 Å². The molecule has 2 N–H and O–H groups in total. The van der Waals surface area contributed by atoms with E-state index in [4.69, 9.17) is 0 Å². The van der Waals surface area contributed by atoms with Crippen LogP contribution < -0.4 is 10.6 Å². The first-order chi connectivity index (χ1) is 9.24. The number of amides is 1. The molecule has 0 spiro atoms. The minimum Gasteiger partial charge on any atom is -0.302 e. The molecule has 1 amide bonds. The average Bonchev–Trinajstić information content (AvgIpc) is 2.83. The van der Waals surface area contributed by atoms with Gasteiger partial charge in [0, 0.05) is 6.54 Å². The van der Waals surface area contributed by atoms with Crippen LogP contribution in [0.4, 0.5) is 5.13 Å². The molecular formula is C13H12BrN3OS.